The third-order valence-electron chi connectivity index (χ3n) is 3.87. The second-order valence-corrected chi connectivity index (χ2v) is 4.85. The molecule has 1 aromatic rings. The van der Waals surface area contributed by atoms with E-state index in [-0.39, 0.29) is 0 Å². The van der Waals surface area contributed by atoms with Crippen molar-refractivity contribution in [3.63, 3.8) is 0 Å². The van der Waals surface area contributed by atoms with Crippen molar-refractivity contribution in [3.8, 4) is 0 Å². The Balaban J connectivity index is 2.03. The van der Waals surface area contributed by atoms with E-state index in [0.717, 1.165) is 18.2 Å². The fourth-order valence-electron chi connectivity index (χ4n) is 2.81. The normalized spacial score (nSPS) is 27.2. The molecule has 0 amide bonds. The summed E-state index contributed by atoms with van der Waals surface area (Å²) in [5.74, 6) is 8.10. The largest absolute Gasteiger partial charge is 0.271 e. The molecule has 3 unspecified atom stereocenters. The van der Waals surface area contributed by atoms with E-state index in [1.807, 2.05) is 11.7 Å². The van der Waals surface area contributed by atoms with Crippen LogP contribution >= 0.6 is 0 Å². The quantitative estimate of drug-likeness (QED) is 0.580. The number of aryl methyl sites for hydroxylation is 1. The minimum atomic E-state index is 0.320. The van der Waals surface area contributed by atoms with Crippen molar-refractivity contribution in [1.29, 1.82) is 0 Å². The van der Waals surface area contributed by atoms with E-state index in [0.29, 0.717) is 12.0 Å². The van der Waals surface area contributed by atoms with E-state index in [4.69, 9.17) is 5.84 Å². The van der Waals surface area contributed by atoms with Gasteiger partial charge < -0.3 is 0 Å². The van der Waals surface area contributed by atoms with E-state index < -0.39 is 0 Å². The van der Waals surface area contributed by atoms with Crippen LogP contribution in [0.4, 0.5) is 0 Å². The number of aromatic nitrogens is 3. The Morgan fingerprint density at radius 3 is 2.94 bits per heavy atom. The van der Waals surface area contributed by atoms with Gasteiger partial charge in [0.1, 0.15) is 12.2 Å². The summed E-state index contributed by atoms with van der Waals surface area (Å²) in [6, 6.07) is 0.320. The maximum absolute atomic E-state index is 5.67. The highest BCUT2D eigenvalue weighted by atomic mass is 15.3. The summed E-state index contributed by atoms with van der Waals surface area (Å²) in [5, 5.41) is 4.09. The lowest BCUT2D eigenvalue weighted by Gasteiger charge is -2.25. The molecule has 0 aliphatic heterocycles. The van der Waals surface area contributed by atoms with E-state index in [1.165, 1.54) is 19.3 Å². The van der Waals surface area contributed by atoms with Gasteiger partial charge in [-0.15, -0.1) is 0 Å². The van der Waals surface area contributed by atoms with Crippen molar-refractivity contribution in [1.82, 2.24) is 20.2 Å². The van der Waals surface area contributed by atoms with Gasteiger partial charge in [-0.05, 0) is 18.3 Å². The lowest BCUT2D eigenvalue weighted by atomic mass is 9.88. The molecule has 0 spiro atoms. The predicted molar refractivity (Wildman–Crippen MR) is 62.3 cm³/mol. The first-order valence-electron chi connectivity index (χ1n) is 6.01. The molecule has 1 aliphatic rings. The molecule has 16 heavy (non-hydrogen) atoms. The van der Waals surface area contributed by atoms with Crippen LogP contribution in [-0.4, -0.2) is 20.8 Å². The molecule has 1 fully saturated rings. The number of nitrogens with one attached hydrogen (secondary N) is 1. The Bertz CT molecular complexity index is 335. The molecule has 1 aliphatic carbocycles. The van der Waals surface area contributed by atoms with Gasteiger partial charge in [0, 0.05) is 19.5 Å². The summed E-state index contributed by atoms with van der Waals surface area (Å²) >= 11 is 0. The summed E-state index contributed by atoms with van der Waals surface area (Å²) in [7, 11) is 1.92. The van der Waals surface area contributed by atoms with Crippen LogP contribution in [0.1, 0.15) is 32.0 Å². The summed E-state index contributed by atoms with van der Waals surface area (Å²) in [4.78, 5) is 4.26. The van der Waals surface area contributed by atoms with Gasteiger partial charge in [0.2, 0.25) is 0 Å². The van der Waals surface area contributed by atoms with Crippen LogP contribution in [0.5, 0.6) is 0 Å². The van der Waals surface area contributed by atoms with E-state index in [9.17, 15) is 0 Å². The van der Waals surface area contributed by atoms with Crippen molar-refractivity contribution in [3.05, 3.63) is 12.2 Å². The fraction of sp³-hybridized carbons (Fsp3) is 0.818. The van der Waals surface area contributed by atoms with Crippen LogP contribution in [0.2, 0.25) is 0 Å². The molecule has 0 bridgehead atoms. The van der Waals surface area contributed by atoms with Crippen LogP contribution in [0.3, 0.4) is 0 Å². The van der Waals surface area contributed by atoms with E-state index in [2.05, 4.69) is 22.4 Å². The lowest BCUT2D eigenvalue weighted by molar-refractivity contribution is 0.292. The SMILES string of the molecule is CC1CCCC1C(Cc1ncnn1C)NN. The molecule has 1 aromatic heterocycles. The van der Waals surface area contributed by atoms with Gasteiger partial charge in [-0.1, -0.05) is 19.8 Å². The molecule has 3 atom stereocenters. The molecule has 1 saturated carbocycles. The Labute approximate surface area is 96.4 Å². The highest BCUT2D eigenvalue weighted by molar-refractivity contribution is 4.93. The number of nitrogens with two attached hydrogens (primary N) is 1. The molecule has 90 valence electrons. The predicted octanol–water partition coefficient (Wildman–Crippen LogP) is 0.626. The van der Waals surface area contributed by atoms with Crippen molar-refractivity contribution >= 4 is 0 Å². The van der Waals surface area contributed by atoms with Crippen LogP contribution in [0.15, 0.2) is 6.33 Å². The maximum atomic E-state index is 5.67. The monoisotopic (exact) mass is 223 g/mol. The number of hydrogen-bond acceptors (Lipinski definition) is 4. The van der Waals surface area contributed by atoms with Crippen LogP contribution in [0.25, 0.3) is 0 Å². The number of hydrogen-bond donors (Lipinski definition) is 2. The van der Waals surface area contributed by atoms with Crippen LogP contribution in [0, 0.1) is 11.8 Å². The van der Waals surface area contributed by atoms with Crippen LogP contribution < -0.4 is 11.3 Å². The molecular weight excluding hydrogens is 202 g/mol. The van der Waals surface area contributed by atoms with Crippen molar-refractivity contribution in [2.24, 2.45) is 24.7 Å². The highest BCUT2D eigenvalue weighted by Gasteiger charge is 2.31. The zero-order valence-corrected chi connectivity index (χ0v) is 10.1. The first kappa shape index (κ1) is 11.5. The molecule has 2 rings (SSSR count). The van der Waals surface area contributed by atoms with E-state index in [1.54, 1.807) is 6.33 Å². The standard InChI is InChI=1S/C11H21N5/c1-8-4-3-5-9(8)10(15-12)6-11-13-7-14-16(11)2/h7-10,15H,3-6,12H2,1-2H3. The van der Waals surface area contributed by atoms with Crippen molar-refractivity contribution in [2.45, 2.75) is 38.6 Å². The molecule has 5 heteroatoms. The third-order valence-corrected chi connectivity index (χ3v) is 3.87. The first-order chi connectivity index (χ1) is 7.72. The lowest BCUT2D eigenvalue weighted by Crippen LogP contribution is -2.43. The van der Waals surface area contributed by atoms with Gasteiger partial charge in [0.25, 0.3) is 0 Å². The number of rotatable bonds is 4. The highest BCUT2D eigenvalue weighted by Crippen LogP contribution is 2.34. The second-order valence-electron chi connectivity index (χ2n) is 4.85. The third kappa shape index (κ3) is 2.25. The minimum absolute atomic E-state index is 0.320. The van der Waals surface area contributed by atoms with Gasteiger partial charge in [0.15, 0.2) is 0 Å². The van der Waals surface area contributed by atoms with Gasteiger partial charge in [-0.25, -0.2) is 4.98 Å². The molecule has 3 N–H and O–H groups in total. The topological polar surface area (TPSA) is 68.8 Å². The first-order valence-corrected chi connectivity index (χ1v) is 6.01. The molecule has 0 saturated heterocycles. The second kappa shape index (κ2) is 4.93. The summed E-state index contributed by atoms with van der Waals surface area (Å²) in [6.45, 7) is 2.32. The molecule has 0 radical (unpaired) electrons. The molecular formula is C11H21N5. The zero-order valence-electron chi connectivity index (χ0n) is 10.1. The number of nitrogens with zero attached hydrogens (tertiary/aromatic N) is 3. The fourth-order valence-corrected chi connectivity index (χ4v) is 2.81. The Kier molecular flexibility index (Phi) is 3.56. The van der Waals surface area contributed by atoms with Gasteiger partial charge in [0.05, 0.1) is 0 Å². The van der Waals surface area contributed by atoms with Gasteiger partial charge in [-0.2, -0.15) is 5.10 Å². The maximum Gasteiger partial charge on any atom is 0.138 e. The van der Waals surface area contributed by atoms with E-state index >= 15 is 0 Å². The Hall–Kier alpha value is -0.940. The van der Waals surface area contributed by atoms with Crippen molar-refractivity contribution < 1.29 is 0 Å². The Morgan fingerprint density at radius 2 is 2.44 bits per heavy atom. The summed E-state index contributed by atoms with van der Waals surface area (Å²) < 4.78 is 1.82. The molecule has 5 nitrogen and oxygen atoms in total. The zero-order chi connectivity index (χ0) is 11.5. The number of hydrazine groups is 1. The molecule has 1 heterocycles. The van der Waals surface area contributed by atoms with Gasteiger partial charge in [-0.3, -0.25) is 16.0 Å². The molecule has 0 aromatic carbocycles. The van der Waals surface area contributed by atoms with Crippen molar-refractivity contribution in [2.75, 3.05) is 0 Å². The smallest absolute Gasteiger partial charge is 0.138 e. The van der Waals surface area contributed by atoms with Gasteiger partial charge >= 0.3 is 0 Å². The summed E-state index contributed by atoms with van der Waals surface area (Å²) in [5.41, 5.74) is 2.96. The average Bonchev–Trinajstić information content (AvgIpc) is 2.85. The Morgan fingerprint density at radius 1 is 1.62 bits per heavy atom. The summed E-state index contributed by atoms with van der Waals surface area (Å²) in [6.07, 6.45) is 6.38. The minimum Gasteiger partial charge on any atom is -0.271 e. The van der Waals surface area contributed by atoms with Crippen LogP contribution in [-0.2, 0) is 13.5 Å². The average molecular weight is 223 g/mol.